The van der Waals surface area contributed by atoms with Crippen LogP contribution in [0.2, 0.25) is 0 Å². The van der Waals surface area contributed by atoms with E-state index in [1.54, 1.807) is 29.5 Å². The topological polar surface area (TPSA) is 88.5 Å². The number of imidazole rings is 1. The van der Waals surface area contributed by atoms with Crippen LogP contribution < -0.4 is 5.32 Å². The minimum Gasteiger partial charge on any atom is -0.328 e. The lowest BCUT2D eigenvalue weighted by molar-refractivity contribution is 0.102. The van der Waals surface area contributed by atoms with Gasteiger partial charge in [-0.25, -0.2) is 9.67 Å². The molecule has 4 aromatic rings. The molecule has 7 nitrogen and oxygen atoms in total. The van der Waals surface area contributed by atoms with Gasteiger partial charge in [0.25, 0.3) is 5.91 Å². The second-order valence-electron chi connectivity index (χ2n) is 6.94. The van der Waals surface area contributed by atoms with Crippen LogP contribution in [0, 0.1) is 0 Å². The SMILES string of the molecule is O=C(Nc1ncc(C2CC2)[nH]1)c1cn(-c2ccncc2)nc1-c1ccccc1Br. The third-order valence-corrected chi connectivity index (χ3v) is 5.55. The second-order valence-corrected chi connectivity index (χ2v) is 7.79. The van der Waals surface area contributed by atoms with Gasteiger partial charge in [0.2, 0.25) is 5.95 Å². The van der Waals surface area contributed by atoms with Gasteiger partial charge >= 0.3 is 0 Å². The van der Waals surface area contributed by atoms with E-state index in [2.05, 4.69) is 41.3 Å². The predicted molar refractivity (Wildman–Crippen MR) is 113 cm³/mol. The van der Waals surface area contributed by atoms with E-state index in [1.807, 2.05) is 36.4 Å². The van der Waals surface area contributed by atoms with Crippen molar-refractivity contribution in [3.05, 3.63) is 76.9 Å². The summed E-state index contributed by atoms with van der Waals surface area (Å²) in [5.74, 6) is 0.720. The molecule has 0 saturated heterocycles. The molecule has 0 bridgehead atoms. The summed E-state index contributed by atoms with van der Waals surface area (Å²) in [7, 11) is 0. The maximum Gasteiger partial charge on any atom is 0.261 e. The van der Waals surface area contributed by atoms with Gasteiger partial charge in [0, 0.05) is 40.2 Å². The summed E-state index contributed by atoms with van der Waals surface area (Å²) >= 11 is 3.57. The van der Waals surface area contributed by atoms with E-state index >= 15 is 0 Å². The van der Waals surface area contributed by atoms with Gasteiger partial charge in [-0.3, -0.25) is 15.1 Å². The largest absolute Gasteiger partial charge is 0.328 e. The molecule has 0 unspecified atom stereocenters. The molecule has 1 aliphatic rings. The Morgan fingerprint density at radius 2 is 1.97 bits per heavy atom. The van der Waals surface area contributed by atoms with E-state index in [0.717, 1.165) is 21.4 Å². The number of hydrogen-bond acceptors (Lipinski definition) is 4. The highest BCUT2D eigenvalue weighted by atomic mass is 79.9. The van der Waals surface area contributed by atoms with Gasteiger partial charge in [-0.05, 0) is 31.0 Å². The lowest BCUT2D eigenvalue weighted by Crippen LogP contribution is -2.13. The molecule has 8 heteroatoms. The number of carbonyl (C=O) groups excluding carboxylic acids is 1. The van der Waals surface area contributed by atoms with Crippen LogP contribution in [0.1, 0.15) is 34.8 Å². The summed E-state index contributed by atoms with van der Waals surface area (Å²) in [6.07, 6.45) is 9.24. The van der Waals surface area contributed by atoms with Crippen molar-refractivity contribution >= 4 is 27.8 Å². The Morgan fingerprint density at radius 1 is 1.17 bits per heavy atom. The molecule has 1 fully saturated rings. The van der Waals surface area contributed by atoms with Gasteiger partial charge in [0.15, 0.2) is 0 Å². The average molecular weight is 449 g/mol. The maximum atomic E-state index is 13.1. The van der Waals surface area contributed by atoms with Crippen LogP contribution in [0.15, 0.2) is 65.7 Å². The van der Waals surface area contributed by atoms with E-state index in [-0.39, 0.29) is 5.91 Å². The number of halogens is 1. The standard InChI is InChI=1S/C21H17BrN6O/c22-17-4-2-1-3-15(17)19-16(12-28(27-19)14-7-9-23-10-8-14)20(29)26-21-24-11-18(25-21)13-5-6-13/h1-4,7-13H,5-6H2,(H2,24,25,26,29). The van der Waals surface area contributed by atoms with E-state index in [9.17, 15) is 4.79 Å². The summed E-state index contributed by atoms with van der Waals surface area (Å²) in [6.45, 7) is 0. The molecule has 1 amide bonds. The van der Waals surface area contributed by atoms with Crippen LogP contribution >= 0.6 is 15.9 Å². The number of H-pyrrole nitrogens is 1. The number of nitrogens with one attached hydrogen (secondary N) is 2. The highest BCUT2D eigenvalue weighted by Crippen LogP contribution is 2.39. The Kier molecular flexibility index (Phi) is 4.48. The molecule has 3 aromatic heterocycles. The summed E-state index contributed by atoms with van der Waals surface area (Å²) in [5, 5.41) is 7.55. The molecule has 5 rings (SSSR count). The summed E-state index contributed by atoms with van der Waals surface area (Å²) < 4.78 is 2.55. The van der Waals surface area contributed by atoms with Gasteiger partial charge in [0.05, 0.1) is 17.4 Å². The first-order chi connectivity index (χ1) is 14.2. The zero-order valence-electron chi connectivity index (χ0n) is 15.3. The highest BCUT2D eigenvalue weighted by molar-refractivity contribution is 9.10. The fourth-order valence-corrected chi connectivity index (χ4v) is 3.67. The smallest absolute Gasteiger partial charge is 0.261 e. The van der Waals surface area contributed by atoms with Crippen molar-refractivity contribution in [3.63, 3.8) is 0 Å². The Balaban J connectivity index is 1.53. The van der Waals surface area contributed by atoms with Crippen LogP contribution in [0.5, 0.6) is 0 Å². The van der Waals surface area contributed by atoms with Crippen molar-refractivity contribution in [2.75, 3.05) is 5.32 Å². The third kappa shape index (κ3) is 3.58. The molecule has 2 N–H and O–H groups in total. The van der Waals surface area contributed by atoms with Crippen molar-refractivity contribution in [1.82, 2.24) is 24.7 Å². The van der Waals surface area contributed by atoms with Crippen molar-refractivity contribution in [1.29, 1.82) is 0 Å². The molecule has 0 aliphatic heterocycles. The monoisotopic (exact) mass is 448 g/mol. The maximum absolute atomic E-state index is 13.1. The number of hydrogen-bond donors (Lipinski definition) is 2. The van der Waals surface area contributed by atoms with Crippen molar-refractivity contribution in [3.8, 4) is 16.9 Å². The molecular formula is C21H17BrN6O. The van der Waals surface area contributed by atoms with Crippen LogP contribution in [0.3, 0.4) is 0 Å². The first-order valence-electron chi connectivity index (χ1n) is 9.30. The van der Waals surface area contributed by atoms with Crippen molar-refractivity contribution in [2.45, 2.75) is 18.8 Å². The van der Waals surface area contributed by atoms with Crippen LogP contribution in [0.4, 0.5) is 5.95 Å². The number of anilines is 1. The van der Waals surface area contributed by atoms with Crippen molar-refractivity contribution in [2.24, 2.45) is 0 Å². The number of amides is 1. The minimum absolute atomic E-state index is 0.271. The summed E-state index contributed by atoms with van der Waals surface area (Å²) in [5.41, 5.74) is 3.77. The zero-order valence-corrected chi connectivity index (χ0v) is 16.9. The fourth-order valence-electron chi connectivity index (χ4n) is 3.20. The molecule has 29 heavy (non-hydrogen) atoms. The van der Waals surface area contributed by atoms with Gasteiger partial charge in [-0.1, -0.05) is 34.1 Å². The summed E-state index contributed by atoms with van der Waals surface area (Å²) in [4.78, 5) is 24.6. The Bertz CT molecular complexity index is 1180. The molecule has 1 saturated carbocycles. The van der Waals surface area contributed by atoms with E-state index < -0.39 is 0 Å². The molecule has 1 aromatic carbocycles. The molecule has 0 spiro atoms. The fraction of sp³-hybridized carbons (Fsp3) is 0.143. The first kappa shape index (κ1) is 17.8. The van der Waals surface area contributed by atoms with Gasteiger partial charge in [0.1, 0.15) is 5.69 Å². The number of benzene rings is 1. The number of aromatic amines is 1. The highest BCUT2D eigenvalue weighted by Gasteiger charge is 2.26. The molecule has 1 aliphatic carbocycles. The zero-order chi connectivity index (χ0) is 19.8. The van der Waals surface area contributed by atoms with E-state index in [4.69, 9.17) is 0 Å². The Morgan fingerprint density at radius 3 is 2.72 bits per heavy atom. The average Bonchev–Trinajstić information content (AvgIpc) is 3.32. The molecule has 0 atom stereocenters. The van der Waals surface area contributed by atoms with Crippen LogP contribution in [-0.4, -0.2) is 30.6 Å². The summed E-state index contributed by atoms with van der Waals surface area (Å²) in [6, 6.07) is 11.4. The van der Waals surface area contributed by atoms with Gasteiger partial charge in [-0.2, -0.15) is 5.10 Å². The number of nitrogens with zero attached hydrogens (tertiary/aromatic N) is 4. The number of rotatable bonds is 5. The van der Waals surface area contributed by atoms with Gasteiger partial charge < -0.3 is 4.98 Å². The van der Waals surface area contributed by atoms with E-state index in [1.165, 1.54) is 12.8 Å². The molecule has 144 valence electrons. The third-order valence-electron chi connectivity index (χ3n) is 4.86. The van der Waals surface area contributed by atoms with Gasteiger partial charge in [-0.15, -0.1) is 0 Å². The lowest BCUT2D eigenvalue weighted by atomic mass is 10.1. The molecule has 0 radical (unpaired) electrons. The first-order valence-corrected chi connectivity index (χ1v) is 10.1. The quantitative estimate of drug-likeness (QED) is 0.468. The molecule has 3 heterocycles. The second kappa shape index (κ2) is 7.29. The lowest BCUT2D eigenvalue weighted by Gasteiger charge is -2.05. The van der Waals surface area contributed by atoms with E-state index in [0.29, 0.717) is 23.1 Å². The Hall–Kier alpha value is -3.26. The molecular weight excluding hydrogens is 432 g/mol. The normalized spacial score (nSPS) is 13.4. The number of pyridine rings is 1. The van der Waals surface area contributed by atoms with Crippen molar-refractivity contribution < 1.29 is 4.79 Å². The van der Waals surface area contributed by atoms with Crippen LogP contribution in [0.25, 0.3) is 16.9 Å². The Labute approximate surface area is 175 Å². The number of carbonyl (C=O) groups is 1. The minimum atomic E-state index is -0.271. The number of aromatic nitrogens is 5. The predicted octanol–water partition coefficient (Wildman–Crippen LogP) is 4.55. The van der Waals surface area contributed by atoms with Crippen LogP contribution in [-0.2, 0) is 0 Å².